The summed E-state index contributed by atoms with van der Waals surface area (Å²) in [6, 6.07) is 13.6. The molecule has 0 saturated carbocycles. The average Bonchev–Trinajstić information content (AvgIpc) is 3.24. The molecule has 1 N–H and O–H groups in total. The highest BCUT2D eigenvalue weighted by atomic mass is 32.2. The van der Waals surface area contributed by atoms with Crippen LogP contribution in [0.5, 0.6) is 5.75 Å². The molecule has 2 heterocycles. The third kappa shape index (κ3) is 4.52. The van der Waals surface area contributed by atoms with E-state index in [0.29, 0.717) is 22.7 Å². The molecule has 11 heteroatoms. The summed E-state index contributed by atoms with van der Waals surface area (Å²) in [4.78, 5) is 52.4. The lowest BCUT2D eigenvalue weighted by atomic mass is 10.1. The molecule has 174 valence electrons. The summed E-state index contributed by atoms with van der Waals surface area (Å²) in [5.41, 5.74) is 1.68. The fraction of sp³-hybridized carbons (Fsp3) is 0.174. The largest absolute Gasteiger partial charge is 0.550 e. The fourth-order valence-electron chi connectivity index (χ4n) is 3.62. The molecule has 4 rings (SSSR count). The van der Waals surface area contributed by atoms with Crippen molar-refractivity contribution in [3.8, 4) is 5.75 Å². The number of thiocarbonyl (C=S) groups is 1. The van der Waals surface area contributed by atoms with E-state index in [4.69, 9.17) is 17.0 Å². The number of benzene rings is 2. The standard InChI is InChI=1S/C23H19N3O6S2/c1-32-14-8-6-13(7-9-14)24-17(27)12-26-16-5-3-2-4-15(16)19(21(26)30)20-22(31)25(23(33)34-20)11-10-18(28)29/h2-9H,10-12H2,1H3,(H,24,27)(H,28,29)/p-1/b20-19-. The second kappa shape index (κ2) is 9.65. The van der Waals surface area contributed by atoms with E-state index in [1.165, 1.54) is 4.90 Å². The molecule has 0 aromatic heterocycles. The van der Waals surface area contributed by atoms with E-state index in [2.05, 4.69) is 5.32 Å². The fourth-order valence-corrected chi connectivity index (χ4v) is 5.00. The summed E-state index contributed by atoms with van der Waals surface area (Å²) in [6.45, 7) is -0.413. The van der Waals surface area contributed by atoms with E-state index in [9.17, 15) is 24.3 Å². The van der Waals surface area contributed by atoms with Gasteiger partial charge in [-0.15, -0.1) is 0 Å². The molecule has 3 amide bonds. The van der Waals surface area contributed by atoms with Crippen LogP contribution in [0, 0.1) is 0 Å². The van der Waals surface area contributed by atoms with Crippen LogP contribution < -0.4 is 20.1 Å². The SMILES string of the molecule is COc1ccc(NC(=O)CN2C(=O)/C(=C3\SC(=S)N(CCC(=O)[O-])C3=O)c3ccccc32)cc1. The molecule has 0 spiro atoms. The average molecular weight is 497 g/mol. The number of amides is 3. The molecule has 9 nitrogen and oxygen atoms in total. The predicted octanol–water partition coefficient (Wildman–Crippen LogP) is 1.39. The third-order valence-electron chi connectivity index (χ3n) is 5.21. The molecule has 2 aromatic rings. The first-order chi connectivity index (χ1) is 16.3. The minimum Gasteiger partial charge on any atom is -0.550 e. The molecule has 1 fully saturated rings. The van der Waals surface area contributed by atoms with Crippen LogP contribution in [0.1, 0.15) is 12.0 Å². The molecule has 0 aliphatic carbocycles. The summed E-state index contributed by atoms with van der Waals surface area (Å²) < 4.78 is 5.26. The van der Waals surface area contributed by atoms with E-state index in [0.717, 1.165) is 16.7 Å². The van der Waals surface area contributed by atoms with E-state index in [-0.39, 0.29) is 34.3 Å². The van der Waals surface area contributed by atoms with Gasteiger partial charge in [0.15, 0.2) is 0 Å². The minimum atomic E-state index is -1.31. The van der Waals surface area contributed by atoms with Gasteiger partial charge in [-0.05, 0) is 30.3 Å². The molecule has 0 bridgehead atoms. The van der Waals surface area contributed by atoms with Crippen molar-refractivity contribution in [2.75, 3.05) is 30.4 Å². The number of carboxylic acids is 1. The number of rotatable bonds is 7. The van der Waals surface area contributed by atoms with Crippen LogP contribution >= 0.6 is 24.0 Å². The van der Waals surface area contributed by atoms with Crippen LogP contribution in [0.3, 0.4) is 0 Å². The van der Waals surface area contributed by atoms with Gasteiger partial charge in [0.1, 0.15) is 16.6 Å². The van der Waals surface area contributed by atoms with Crippen molar-refractivity contribution in [1.82, 2.24) is 4.90 Å². The van der Waals surface area contributed by atoms with Crippen molar-refractivity contribution in [3.05, 3.63) is 59.0 Å². The maximum absolute atomic E-state index is 13.4. The molecule has 2 aromatic carbocycles. The zero-order valence-electron chi connectivity index (χ0n) is 17.9. The van der Waals surface area contributed by atoms with Gasteiger partial charge in [0.2, 0.25) is 5.91 Å². The second-order valence-corrected chi connectivity index (χ2v) is 8.98. The number of carbonyl (C=O) groups is 4. The Labute approximate surface area is 204 Å². The maximum Gasteiger partial charge on any atom is 0.267 e. The summed E-state index contributed by atoms with van der Waals surface area (Å²) in [7, 11) is 1.54. The maximum atomic E-state index is 13.4. The highest BCUT2D eigenvalue weighted by Gasteiger charge is 2.42. The zero-order chi connectivity index (χ0) is 24.4. The van der Waals surface area contributed by atoms with Crippen LogP contribution in [0.15, 0.2) is 53.4 Å². The lowest BCUT2D eigenvalue weighted by Gasteiger charge is -2.17. The van der Waals surface area contributed by atoms with Crippen LogP contribution in [0.2, 0.25) is 0 Å². The molecule has 0 atom stereocenters. The third-order valence-corrected chi connectivity index (χ3v) is 6.66. The highest BCUT2D eigenvalue weighted by molar-refractivity contribution is 8.26. The van der Waals surface area contributed by atoms with Gasteiger partial charge in [0.25, 0.3) is 11.8 Å². The van der Waals surface area contributed by atoms with E-state index in [1.807, 2.05) is 0 Å². The van der Waals surface area contributed by atoms with Crippen molar-refractivity contribution in [2.45, 2.75) is 6.42 Å². The lowest BCUT2D eigenvalue weighted by Crippen LogP contribution is -2.36. The summed E-state index contributed by atoms with van der Waals surface area (Å²) in [6.07, 6.45) is -0.378. The molecule has 1 saturated heterocycles. The monoisotopic (exact) mass is 496 g/mol. The van der Waals surface area contributed by atoms with Crippen LogP contribution in [0.4, 0.5) is 11.4 Å². The molecule has 34 heavy (non-hydrogen) atoms. The summed E-state index contributed by atoms with van der Waals surface area (Å²) >= 11 is 6.17. The van der Waals surface area contributed by atoms with E-state index < -0.39 is 23.7 Å². The second-order valence-electron chi connectivity index (χ2n) is 7.34. The number of ether oxygens (including phenoxy) is 1. The van der Waals surface area contributed by atoms with Gasteiger partial charge in [0.05, 0.1) is 23.3 Å². The van der Waals surface area contributed by atoms with Crippen molar-refractivity contribution >= 4 is 68.9 Å². The van der Waals surface area contributed by atoms with Gasteiger partial charge in [0, 0.05) is 30.2 Å². The number of carbonyl (C=O) groups excluding carboxylic acids is 4. The molecular formula is C23H18N3O6S2-. The molecule has 2 aliphatic rings. The number of hydrogen-bond donors (Lipinski definition) is 1. The Morgan fingerprint density at radius 3 is 2.44 bits per heavy atom. The number of carboxylic acid groups (broad SMARTS) is 1. The number of methoxy groups -OCH3 is 1. The first kappa shape index (κ1) is 23.5. The first-order valence-corrected chi connectivity index (χ1v) is 11.4. The predicted molar refractivity (Wildman–Crippen MR) is 129 cm³/mol. The van der Waals surface area contributed by atoms with E-state index >= 15 is 0 Å². The Kier molecular flexibility index (Phi) is 6.66. The lowest BCUT2D eigenvalue weighted by molar-refractivity contribution is -0.305. The normalized spacial score (nSPS) is 17.3. The Morgan fingerprint density at radius 2 is 1.76 bits per heavy atom. The Hall–Kier alpha value is -3.70. The molecule has 2 aliphatic heterocycles. The molecule has 0 unspecified atom stereocenters. The highest BCUT2D eigenvalue weighted by Crippen LogP contribution is 2.44. The first-order valence-electron chi connectivity index (χ1n) is 10.1. The van der Waals surface area contributed by atoms with Crippen molar-refractivity contribution in [3.63, 3.8) is 0 Å². The Morgan fingerprint density at radius 1 is 1.06 bits per heavy atom. The van der Waals surface area contributed by atoms with Gasteiger partial charge in [-0.3, -0.25) is 24.2 Å². The number of anilines is 2. The Bertz CT molecular complexity index is 1240. The number of aliphatic carboxylic acids is 1. The molecular weight excluding hydrogens is 478 g/mol. The Balaban J connectivity index is 1.59. The van der Waals surface area contributed by atoms with Crippen molar-refractivity contribution in [2.24, 2.45) is 0 Å². The van der Waals surface area contributed by atoms with Gasteiger partial charge < -0.3 is 20.0 Å². The van der Waals surface area contributed by atoms with Gasteiger partial charge >= 0.3 is 0 Å². The van der Waals surface area contributed by atoms with Gasteiger partial charge in [-0.1, -0.05) is 42.2 Å². The number of nitrogens with one attached hydrogen (secondary N) is 1. The van der Waals surface area contributed by atoms with Crippen molar-refractivity contribution in [1.29, 1.82) is 0 Å². The van der Waals surface area contributed by atoms with Crippen LogP contribution in [-0.2, 0) is 19.2 Å². The van der Waals surface area contributed by atoms with Crippen LogP contribution in [0.25, 0.3) is 5.57 Å². The van der Waals surface area contributed by atoms with Crippen LogP contribution in [-0.4, -0.2) is 53.1 Å². The number of fused-ring (bicyclic) bond motifs is 1. The number of nitrogens with zero attached hydrogens (tertiary/aromatic N) is 2. The summed E-state index contributed by atoms with van der Waals surface area (Å²) in [5, 5.41) is 13.6. The number of thioether (sulfide) groups is 1. The van der Waals surface area contributed by atoms with Gasteiger partial charge in [-0.2, -0.15) is 0 Å². The quantitative estimate of drug-likeness (QED) is 0.451. The zero-order valence-corrected chi connectivity index (χ0v) is 19.5. The summed E-state index contributed by atoms with van der Waals surface area (Å²) in [5.74, 6) is -2.14. The van der Waals surface area contributed by atoms with Gasteiger partial charge in [-0.25, -0.2) is 0 Å². The number of para-hydroxylation sites is 1. The minimum absolute atomic E-state index is 0.110. The van der Waals surface area contributed by atoms with E-state index in [1.54, 1.807) is 55.6 Å². The van der Waals surface area contributed by atoms with Crippen molar-refractivity contribution < 1.29 is 29.0 Å². The molecule has 0 radical (unpaired) electrons. The smallest absolute Gasteiger partial charge is 0.267 e. The topological polar surface area (TPSA) is 119 Å². The number of hydrogen-bond acceptors (Lipinski definition) is 8.